The molecule has 0 aliphatic heterocycles. The van der Waals surface area contributed by atoms with E-state index in [2.05, 4.69) is 4.74 Å². The summed E-state index contributed by atoms with van der Waals surface area (Å²) in [5.41, 5.74) is 0. The fourth-order valence-corrected chi connectivity index (χ4v) is 2.39. The first-order valence-electron chi connectivity index (χ1n) is 4.32. The molecule has 0 N–H and O–H groups in total. The lowest BCUT2D eigenvalue weighted by Crippen LogP contribution is -2.35. The van der Waals surface area contributed by atoms with Gasteiger partial charge in [-0.05, 0) is 19.8 Å². The van der Waals surface area contributed by atoms with Gasteiger partial charge in [-0.3, -0.25) is 4.79 Å². The third kappa shape index (κ3) is 3.43. The Morgan fingerprint density at radius 1 is 1.57 bits per heavy atom. The number of rotatable bonds is 5. The summed E-state index contributed by atoms with van der Waals surface area (Å²) in [5, 5.41) is 0. The van der Waals surface area contributed by atoms with Crippen LogP contribution in [0.25, 0.3) is 0 Å². The first kappa shape index (κ1) is 11.7. The second kappa shape index (κ2) is 4.46. The van der Waals surface area contributed by atoms with Gasteiger partial charge in [0.15, 0.2) is 0 Å². The molecule has 0 heterocycles. The fraction of sp³-hybridized carbons (Fsp3) is 0.857. The smallest absolute Gasteiger partial charge is 0.321 e. The Balaban J connectivity index is 2.56. The normalized spacial score (nSPS) is 17.1. The Morgan fingerprint density at radius 3 is 2.50 bits per heavy atom. The van der Waals surface area contributed by atoms with E-state index in [1.165, 1.54) is 0 Å². The lowest BCUT2D eigenvalue weighted by Gasteiger charge is -2.15. The minimum atomic E-state index is -3.81. The lowest BCUT2D eigenvalue weighted by molar-refractivity contribution is -0.143. The highest BCUT2D eigenvalue weighted by Gasteiger charge is 2.37. The summed E-state index contributed by atoms with van der Waals surface area (Å²) in [6, 6.07) is -0.123. The van der Waals surface area contributed by atoms with Crippen LogP contribution >= 0.6 is 10.7 Å². The zero-order valence-corrected chi connectivity index (χ0v) is 9.34. The molecule has 14 heavy (non-hydrogen) atoms. The summed E-state index contributed by atoms with van der Waals surface area (Å²) in [5.74, 6) is -0.566. The maximum absolute atomic E-state index is 11.0. The first-order chi connectivity index (χ1) is 6.45. The van der Waals surface area contributed by atoms with Crippen LogP contribution in [0.4, 0.5) is 0 Å². The van der Waals surface area contributed by atoms with Gasteiger partial charge in [-0.15, -0.1) is 0 Å². The van der Waals surface area contributed by atoms with Crippen LogP contribution in [0.5, 0.6) is 0 Å². The lowest BCUT2D eigenvalue weighted by atomic mass is 10.6. The summed E-state index contributed by atoms with van der Waals surface area (Å²) in [4.78, 5) is 11.0. The Bertz CT molecular complexity index is 312. The number of carbonyl (C=O) groups is 1. The van der Waals surface area contributed by atoms with Crippen molar-refractivity contribution in [1.29, 1.82) is 0 Å². The first-order valence-corrected chi connectivity index (χ1v) is 6.58. The number of ether oxygens (including phenoxy) is 1. The molecule has 0 aromatic carbocycles. The Morgan fingerprint density at radius 2 is 2.14 bits per heavy atom. The van der Waals surface area contributed by atoms with E-state index in [4.69, 9.17) is 10.7 Å². The highest BCUT2D eigenvalue weighted by Crippen LogP contribution is 2.30. The molecule has 1 saturated carbocycles. The number of carbonyl (C=O) groups excluding carboxylic acids is 1. The van der Waals surface area contributed by atoms with Crippen LogP contribution in [0.15, 0.2) is 0 Å². The molecule has 82 valence electrons. The van der Waals surface area contributed by atoms with Crippen molar-refractivity contribution in [3.05, 3.63) is 0 Å². The van der Waals surface area contributed by atoms with E-state index >= 15 is 0 Å². The van der Waals surface area contributed by atoms with Crippen LogP contribution in [0, 0.1) is 0 Å². The molecule has 0 spiro atoms. The van der Waals surface area contributed by atoms with E-state index in [0.717, 1.165) is 17.1 Å². The molecular weight excluding hydrogens is 230 g/mol. The van der Waals surface area contributed by atoms with E-state index in [9.17, 15) is 13.2 Å². The summed E-state index contributed by atoms with van der Waals surface area (Å²) in [7, 11) is 1.36. The molecule has 0 aromatic heterocycles. The van der Waals surface area contributed by atoms with Crippen molar-refractivity contribution in [3.8, 4) is 0 Å². The van der Waals surface area contributed by atoms with Gasteiger partial charge >= 0.3 is 15.2 Å². The summed E-state index contributed by atoms with van der Waals surface area (Å²) in [6.07, 6.45) is 1.51. The van der Waals surface area contributed by atoms with E-state index in [1.54, 1.807) is 6.92 Å². The van der Waals surface area contributed by atoms with Crippen molar-refractivity contribution >= 4 is 25.9 Å². The largest absolute Gasteiger partial charge is 0.465 e. The molecule has 0 bridgehead atoms. The quantitative estimate of drug-likeness (QED) is 0.519. The van der Waals surface area contributed by atoms with Crippen LogP contribution in [-0.2, 0) is 18.8 Å². The molecule has 1 fully saturated rings. The van der Waals surface area contributed by atoms with Gasteiger partial charge in [0.25, 0.3) is 0 Å². The summed E-state index contributed by atoms with van der Waals surface area (Å²) >= 11 is 0. The van der Waals surface area contributed by atoms with Crippen LogP contribution in [0.3, 0.4) is 0 Å². The molecule has 7 heteroatoms. The van der Waals surface area contributed by atoms with Crippen LogP contribution in [-0.4, -0.2) is 37.9 Å². The van der Waals surface area contributed by atoms with E-state index < -0.39 is 15.2 Å². The second-order valence-electron chi connectivity index (χ2n) is 3.02. The van der Waals surface area contributed by atoms with Gasteiger partial charge in [0, 0.05) is 16.7 Å². The number of halogens is 1. The Hall–Kier alpha value is -0.330. The maximum Gasteiger partial charge on any atom is 0.321 e. The minimum Gasteiger partial charge on any atom is -0.465 e. The molecule has 0 amide bonds. The van der Waals surface area contributed by atoms with Crippen molar-refractivity contribution in [1.82, 2.24) is 4.31 Å². The molecule has 1 aliphatic carbocycles. The van der Waals surface area contributed by atoms with Gasteiger partial charge in [0.1, 0.15) is 6.54 Å². The Labute approximate surface area is 87.5 Å². The summed E-state index contributed by atoms with van der Waals surface area (Å²) < 4.78 is 27.7. The topological polar surface area (TPSA) is 63.7 Å². The molecule has 0 saturated heterocycles. The molecule has 5 nitrogen and oxygen atoms in total. The number of hydrogen-bond acceptors (Lipinski definition) is 4. The van der Waals surface area contributed by atoms with Crippen molar-refractivity contribution < 1.29 is 17.9 Å². The highest BCUT2D eigenvalue weighted by molar-refractivity contribution is 8.11. The van der Waals surface area contributed by atoms with E-state index in [1.807, 2.05) is 0 Å². The molecule has 0 atom stereocenters. The molecule has 0 unspecified atom stereocenters. The predicted molar refractivity (Wildman–Crippen MR) is 51.1 cm³/mol. The zero-order chi connectivity index (χ0) is 10.8. The average molecular weight is 242 g/mol. The van der Waals surface area contributed by atoms with Gasteiger partial charge in [-0.25, -0.2) is 0 Å². The summed E-state index contributed by atoms with van der Waals surface area (Å²) in [6.45, 7) is 1.61. The monoisotopic (exact) mass is 241 g/mol. The Kier molecular flexibility index (Phi) is 3.74. The SMILES string of the molecule is CCOC(=O)CN(C1CC1)S(=O)(=O)Cl. The molecule has 0 radical (unpaired) electrons. The van der Waals surface area contributed by atoms with Gasteiger partial charge in [-0.1, -0.05) is 0 Å². The minimum absolute atomic E-state index is 0.123. The van der Waals surface area contributed by atoms with Crippen LogP contribution in [0.2, 0.25) is 0 Å². The van der Waals surface area contributed by atoms with Crippen LogP contribution < -0.4 is 0 Å². The number of nitrogens with zero attached hydrogens (tertiary/aromatic N) is 1. The number of esters is 1. The number of hydrogen-bond donors (Lipinski definition) is 0. The second-order valence-corrected chi connectivity index (χ2v) is 5.49. The van der Waals surface area contributed by atoms with Gasteiger partial charge in [0.05, 0.1) is 6.61 Å². The predicted octanol–water partition coefficient (Wildman–Crippen LogP) is 0.497. The average Bonchev–Trinajstić information content (AvgIpc) is 2.81. The molecule has 0 aromatic rings. The third-order valence-corrected chi connectivity index (χ3v) is 3.34. The van der Waals surface area contributed by atoms with Crippen molar-refractivity contribution in [2.75, 3.05) is 13.2 Å². The zero-order valence-electron chi connectivity index (χ0n) is 7.77. The van der Waals surface area contributed by atoms with Crippen molar-refractivity contribution in [2.45, 2.75) is 25.8 Å². The van der Waals surface area contributed by atoms with Gasteiger partial charge < -0.3 is 4.74 Å². The molecular formula is C7H12ClNO4S. The van der Waals surface area contributed by atoms with Gasteiger partial charge in [-0.2, -0.15) is 12.7 Å². The van der Waals surface area contributed by atoms with Crippen molar-refractivity contribution in [3.63, 3.8) is 0 Å². The fourth-order valence-electron chi connectivity index (χ4n) is 1.08. The van der Waals surface area contributed by atoms with Gasteiger partial charge in [0.2, 0.25) is 0 Å². The van der Waals surface area contributed by atoms with E-state index in [0.29, 0.717) is 0 Å². The third-order valence-electron chi connectivity index (χ3n) is 1.82. The van der Waals surface area contributed by atoms with Crippen LogP contribution in [0.1, 0.15) is 19.8 Å². The highest BCUT2D eigenvalue weighted by atomic mass is 35.7. The maximum atomic E-state index is 11.0. The molecule has 1 rings (SSSR count). The standard InChI is InChI=1S/C7H12ClNO4S/c1-2-13-7(10)5-9(6-3-4-6)14(8,11)12/h6H,2-5H2,1H3. The molecule has 1 aliphatic rings. The van der Waals surface area contributed by atoms with Crippen molar-refractivity contribution in [2.24, 2.45) is 0 Å². The van der Waals surface area contributed by atoms with E-state index in [-0.39, 0.29) is 19.2 Å².